The quantitative estimate of drug-likeness (QED) is 0.395. The summed E-state index contributed by atoms with van der Waals surface area (Å²) in [5.74, 6) is -1.17. The van der Waals surface area contributed by atoms with Crippen molar-refractivity contribution in [2.45, 2.75) is 123 Å². The number of ether oxygens (including phenoxy) is 4. The van der Waals surface area contributed by atoms with Crippen LogP contribution in [-0.2, 0) is 20.7 Å². The third-order valence-corrected chi connectivity index (χ3v) is 10.3. The van der Waals surface area contributed by atoms with E-state index in [2.05, 4.69) is 15.0 Å². The van der Waals surface area contributed by atoms with Gasteiger partial charge in [0.25, 0.3) is 0 Å². The summed E-state index contributed by atoms with van der Waals surface area (Å²) in [6, 6.07) is 1.13. The minimum atomic E-state index is -3.84. The Labute approximate surface area is 273 Å². The molecular weight excluding hydrogens is 614 g/mol. The number of carbonyl (C=O) groups is 3. The molecule has 11 nitrogen and oxygen atoms in total. The van der Waals surface area contributed by atoms with E-state index >= 15 is 0 Å². The topological polar surface area (TPSA) is 129 Å². The van der Waals surface area contributed by atoms with Gasteiger partial charge in [-0.05, 0) is 75.8 Å². The number of carbonyl (C=O) groups excluding carboxylic acids is 3. The Kier molecular flexibility index (Phi) is 8.49. The number of benzene rings is 1. The summed E-state index contributed by atoms with van der Waals surface area (Å²) in [7, 11) is 0. The molecule has 1 aromatic heterocycles. The molecule has 1 N–H and O–H groups in total. The van der Waals surface area contributed by atoms with Crippen molar-refractivity contribution in [3.05, 3.63) is 17.8 Å². The van der Waals surface area contributed by atoms with Gasteiger partial charge in [0.2, 0.25) is 17.5 Å². The number of rotatable bonds is 1. The fourth-order valence-electron chi connectivity index (χ4n) is 7.70. The summed E-state index contributed by atoms with van der Waals surface area (Å²) in [5.41, 5.74) is -0.384. The molecule has 0 spiro atoms. The molecule has 4 aliphatic rings. The number of aryl methyl sites for hydroxylation is 1. The number of nitrogens with one attached hydrogen (secondary N) is 1. The van der Waals surface area contributed by atoms with Crippen molar-refractivity contribution in [3.63, 3.8) is 0 Å². The first-order valence-electron chi connectivity index (χ1n) is 16.6. The maximum atomic E-state index is 14.3. The summed E-state index contributed by atoms with van der Waals surface area (Å²) < 4.78 is 50.1. The van der Waals surface area contributed by atoms with Gasteiger partial charge in [0.1, 0.15) is 29.0 Å². The molecule has 2 fully saturated rings. The molecule has 1 saturated heterocycles. The fraction of sp³-hybridized carbons (Fsp3) is 0.676. The van der Waals surface area contributed by atoms with Gasteiger partial charge in [-0.3, -0.25) is 9.59 Å². The van der Waals surface area contributed by atoms with Crippen LogP contribution >= 0.6 is 0 Å². The second kappa shape index (κ2) is 12.0. The van der Waals surface area contributed by atoms with Crippen LogP contribution in [0.2, 0.25) is 0 Å². The number of ketones is 1. The Morgan fingerprint density at radius 1 is 1.04 bits per heavy atom. The molecule has 1 saturated carbocycles. The normalized spacial score (nSPS) is 31.2. The number of alkyl carbamates (subject to hydrolysis) is 1. The van der Waals surface area contributed by atoms with E-state index < -0.39 is 53.4 Å². The predicted molar refractivity (Wildman–Crippen MR) is 166 cm³/mol. The van der Waals surface area contributed by atoms with Gasteiger partial charge in [0, 0.05) is 5.92 Å². The van der Waals surface area contributed by atoms with Gasteiger partial charge >= 0.3 is 12.4 Å². The zero-order valence-electron chi connectivity index (χ0n) is 27.9. The van der Waals surface area contributed by atoms with Gasteiger partial charge < -0.3 is 29.2 Å². The van der Waals surface area contributed by atoms with Crippen LogP contribution in [0.15, 0.2) is 12.1 Å². The largest absolute Gasteiger partial charge is 0.586 e. The first-order chi connectivity index (χ1) is 22.1. The van der Waals surface area contributed by atoms with Gasteiger partial charge in [-0.25, -0.2) is 14.8 Å². The molecule has 256 valence electrons. The van der Waals surface area contributed by atoms with Gasteiger partial charge in [-0.2, -0.15) is 0 Å². The van der Waals surface area contributed by atoms with Crippen LogP contribution in [0.5, 0.6) is 17.4 Å². The van der Waals surface area contributed by atoms with Crippen LogP contribution in [0.3, 0.4) is 0 Å². The second-order valence-electron chi connectivity index (χ2n) is 14.8. The van der Waals surface area contributed by atoms with Crippen molar-refractivity contribution < 1.29 is 42.1 Å². The average molecular weight is 659 g/mol. The third kappa shape index (κ3) is 6.41. The average Bonchev–Trinajstić information content (AvgIpc) is 3.61. The number of amides is 2. The zero-order valence-corrected chi connectivity index (χ0v) is 27.9. The van der Waals surface area contributed by atoms with E-state index in [1.165, 1.54) is 17.9 Å². The van der Waals surface area contributed by atoms with Crippen LogP contribution < -0.4 is 19.5 Å². The number of hydrogen-bond acceptors (Lipinski definition) is 9. The lowest BCUT2D eigenvalue weighted by atomic mass is 9.85. The summed E-state index contributed by atoms with van der Waals surface area (Å²) in [6.07, 6.45) is 1.41. The predicted octanol–water partition coefficient (Wildman–Crippen LogP) is 5.95. The summed E-state index contributed by atoms with van der Waals surface area (Å²) in [5, 5.41) is 2.86. The Bertz CT molecular complexity index is 1580. The van der Waals surface area contributed by atoms with Crippen LogP contribution in [-0.4, -0.2) is 69.3 Å². The smallest absolute Gasteiger partial charge is 0.471 e. The lowest BCUT2D eigenvalue weighted by Crippen LogP contribution is -2.57. The van der Waals surface area contributed by atoms with E-state index in [9.17, 15) is 23.2 Å². The van der Waals surface area contributed by atoms with Crippen molar-refractivity contribution in [1.29, 1.82) is 0 Å². The Morgan fingerprint density at radius 2 is 1.79 bits per heavy atom. The van der Waals surface area contributed by atoms with Crippen molar-refractivity contribution in [2.24, 2.45) is 17.3 Å². The number of alkyl halides is 2. The minimum absolute atomic E-state index is 0.0388. The molecule has 3 aliphatic heterocycles. The molecule has 1 unspecified atom stereocenters. The van der Waals surface area contributed by atoms with Crippen molar-refractivity contribution in [2.75, 3.05) is 6.54 Å². The molecule has 13 heteroatoms. The monoisotopic (exact) mass is 658 g/mol. The highest BCUT2D eigenvalue weighted by Crippen LogP contribution is 2.46. The third-order valence-electron chi connectivity index (χ3n) is 10.3. The summed E-state index contributed by atoms with van der Waals surface area (Å²) in [6.45, 7) is 10.8. The number of halogens is 2. The van der Waals surface area contributed by atoms with Crippen molar-refractivity contribution in [1.82, 2.24) is 20.2 Å². The molecule has 6 atom stereocenters. The second-order valence-corrected chi connectivity index (χ2v) is 14.8. The van der Waals surface area contributed by atoms with E-state index in [1.54, 1.807) is 6.07 Å². The maximum Gasteiger partial charge on any atom is 0.586 e. The van der Waals surface area contributed by atoms with Gasteiger partial charge in [0.05, 0.1) is 18.1 Å². The molecule has 1 aromatic carbocycles. The Balaban J connectivity index is 1.40. The lowest BCUT2D eigenvalue weighted by molar-refractivity contribution is -0.286. The number of hydrogen-bond donors (Lipinski definition) is 1. The highest BCUT2D eigenvalue weighted by Gasteiger charge is 2.50. The van der Waals surface area contributed by atoms with E-state index in [-0.39, 0.29) is 41.1 Å². The number of fused-ring (bicyclic) bond motifs is 7. The SMILES string of the molecule is CC(=O)[C@@H]1C(C)[C@@H]2CN1C(=O)[C@H](C(C)(C)C)NC(=O)O[C@]1(C)CCC[C@H]1CCCCCc1nc3ccc4c(c3nc1O2)OC(F)(F)O4. The first-order valence-corrected chi connectivity index (χ1v) is 16.6. The zero-order chi connectivity index (χ0) is 33.9. The number of aromatic nitrogens is 2. The first kappa shape index (κ1) is 33.1. The lowest BCUT2D eigenvalue weighted by Gasteiger charge is -2.37. The van der Waals surface area contributed by atoms with Gasteiger partial charge in [-0.15, -0.1) is 8.78 Å². The van der Waals surface area contributed by atoms with Crippen LogP contribution in [0.25, 0.3) is 11.0 Å². The van der Waals surface area contributed by atoms with Crippen molar-refractivity contribution >= 4 is 28.8 Å². The van der Waals surface area contributed by atoms with E-state index in [0.29, 0.717) is 17.6 Å². The van der Waals surface area contributed by atoms with E-state index in [4.69, 9.17) is 19.2 Å². The van der Waals surface area contributed by atoms with Crippen LogP contribution in [0, 0.1) is 17.3 Å². The van der Waals surface area contributed by atoms with Crippen LogP contribution in [0.4, 0.5) is 13.6 Å². The van der Waals surface area contributed by atoms with Crippen LogP contribution in [0.1, 0.15) is 92.2 Å². The summed E-state index contributed by atoms with van der Waals surface area (Å²) >= 11 is 0. The van der Waals surface area contributed by atoms with E-state index in [0.717, 1.165) is 44.9 Å². The van der Waals surface area contributed by atoms with Gasteiger partial charge in [0.15, 0.2) is 11.5 Å². The molecule has 2 amide bonds. The highest BCUT2D eigenvalue weighted by molar-refractivity contribution is 5.92. The van der Waals surface area contributed by atoms with E-state index in [1.807, 2.05) is 34.6 Å². The molecule has 4 heterocycles. The molecular formula is C34H44F2N4O7. The molecule has 0 radical (unpaired) electrons. The molecule has 2 aromatic rings. The van der Waals surface area contributed by atoms with Gasteiger partial charge in [-0.1, -0.05) is 40.5 Å². The standard InChI is InChI=1S/C34H44F2N4O7/c1-18-24-17-40(26(18)19(2)41)30(42)28(32(3,4)5)39-31(43)47-33(6)16-10-12-20(33)11-8-7-9-13-22-29(44-24)38-25-21(37-22)14-15-23-27(25)46-34(35,36)45-23/h14-15,18,20,24,26,28H,7-13,16-17H2,1-6H3,(H,39,43)/t18?,20-,24+,26+,28-,33-/m1/s1. The highest BCUT2D eigenvalue weighted by atomic mass is 19.3. The van der Waals surface area contributed by atoms with Crippen molar-refractivity contribution in [3.8, 4) is 17.4 Å². The fourth-order valence-corrected chi connectivity index (χ4v) is 7.70. The number of Topliss-reactive ketones (excluding diaryl/α,β-unsaturated/α-hetero) is 1. The Hall–Kier alpha value is -3.77. The summed E-state index contributed by atoms with van der Waals surface area (Å²) in [4.78, 5) is 51.7. The Morgan fingerprint density at radius 3 is 2.51 bits per heavy atom. The molecule has 1 aliphatic carbocycles. The minimum Gasteiger partial charge on any atom is -0.471 e. The molecule has 2 bridgehead atoms. The maximum absolute atomic E-state index is 14.3. The molecule has 47 heavy (non-hydrogen) atoms. The molecule has 6 rings (SSSR count). The number of nitrogens with zero attached hydrogens (tertiary/aromatic N) is 3.